The van der Waals surface area contributed by atoms with Crippen molar-refractivity contribution in [3.8, 4) is 12.0 Å². The SMILES string of the molecule is CC1=CC([N+](=O)[O-])C#CN=C1n1ccnn1. The van der Waals surface area contributed by atoms with Gasteiger partial charge in [-0.2, -0.15) is 4.99 Å². The highest BCUT2D eigenvalue weighted by Crippen LogP contribution is 2.06. The van der Waals surface area contributed by atoms with Crippen molar-refractivity contribution in [1.29, 1.82) is 0 Å². The normalized spacial score (nSPS) is 18.9. The van der Waals surface area contributed by atoms with E-state index < -0.39 is 11.0 Å². The molecule has 1 aliphatic rings. The van der Waals surface area contributed by atoms with E-state index in [4.69, 9.17) is 0 Å². The van der Waals surface area contributed by atoms with Gasteiger partial charge in [0.2, 0.25) is 0 Å². The van der Waals surface area contributed by atoms with Gasteiger partial charge in [0, 0.05) is 23.0 Å². The lowest BCUT2D eigenvalue weighted by molar-refractivity contribution is -0.493. The third-order valence-electron chi connectivity index (χ3n) is 2.00. The monoisotopic (exact) mass is 217 g/mol. The van der Waals surface area contributed by atoms with Crippen LogP contribution < -0.4 is 0 Å². The molecule has 1 aromatic heterocycles. The van der Waals surface area contributed by atoms with Crippen molar-refractivity contribution in [3.63, 3.8) is 0 Å². The number of hydrogen-bond acceptors (Lipinski definition) is 5. The Balaban J connectivity index is 2.39. The molecule has 0 radical (unpaired) electrons. The van der Waals surface area contributed by atoms with Gasteiger partial charge in [0.05, 0.1) is 12.4 Å². The second kappa shape index (κ2) is 3.94. The molecule has 80 valence electrons. The number of hydrogen-bond donors (Lipinski definition) is 0. The van der Waals surface area contributed by atoms with Crippen LogP contribution in [0.15, 0.2) is 29.0 Å². The molecule has 0 fully saturated rings. The van der Waals surface area contributed by atoms with Crippen LogP contribution in [0, 0.1) is 22.1 Å². The maximum absolute atomic E-state index is 10.6. The van der Waals surface area contributed by atoms with Gasteiger partial charge >= 0.3 is 0 Å². The molecule has 0 amide bonds. The highest BCUT2D eigenvalue weighted by molar-refractivity contribution is 5.99. The van der Waals surface area contributed by atoms with Crippen molar-refractivity contribution in [2.45, 2.75) is 13.0 Å². The molecule has 2 heterocycles. The number of allylic oxidation sites excluding steroid dienone is 1. The van der Waals surface area contributed by atoms with Crippen LogP contribution in [-0.4, -0.2) is 31.8 Å². The smallest absolute Gasteiger partial charge is 0.263 e. The number of aliphatic imine (C=N–C) groups is 1. The van der Waals surface area contributed by atoms with Crippen LogP contribution in [0.2, 0.25) is 0 Å². The van der Waals surface area contributed by atoms with Crippen molar-refractivity contribution < 1.29 is 4.92 Å². The first-order chi connectivity index (χ1) is 7.68. The molecule has 2 rings (SSSR count). The minimum Gasteiger partial charge on any atom is -0.263 e. The van der Waals surface area contributed by atoms with Crippen LogP contribution in [0.4, 0.5) is 0 Å². The number of aromatic nitrogens is 3. The zero-order valence-corrected chi connectivity index (χ0v) is 8.36. The van der Waals surface area contributed by atoms with Crippen molar-refractivity contribution in [2.75, 3.05) is 0 Å². The van der Waals surface area contributed by atoms with Crippen LogP contribution in [0.1, 0.15) is 6.92 Å². The lowest BCUT2D eigenvalue weighted by Crippen LogP contribution is -2.18. The predicted octanol–water partition coefficient (Wildman–Crippen LogP) is 0.0908. The average molecular weight is 217 g/mol. The summed E-state index contributed by atoms with van der Waals surface area (Å²) in [7, 11) is 0. The minimum absolute atomic E-state index is 0.453. The Morgan fingerprint density at radius 1 is 1.62 bits per heavy atom. The third kappa shape index (κ3) is 1.81. The van der Waals surface area contributed by atoms with Crippen molar-refractivity contribution in [1.82, 2.24) is 15.0 Å². The van der Waals surface area contributed by atoms with Gasteiger partial charge < -0.3 is 0 Å². The molecule has 1 aromatic rings. The summed E-state index contributed by atoms with van der Waals surface area (Å²) in [5, 5.41) is 18.0. The van der Waals surface area contributed by atoms with Gasteiger partial charge in [-0.25, -0.2) is 4.68 Å². The van der Waals surface area contributed by atoms with E-state index in [1.807, 2.05) is 0 Å². The Morgan fingerprint density at radius 2 is 2.44 bits per heavy atom. The van der Waals surface area contributed by atoms with E-state index in [2.05, 4.69) is 27.3 Å². The summed E-state index contributed by atoms with van der Waals surface area (Å²) in [5.74, 6) is 2.88. The van der Waals surface area contributed by atoms with Gasteiger partial charge in [0.1, 0.15) is 0 Å². The number of rotatable bonds is 1. The van der Waals surface area contributed by atoms with Crippen LogP contribution in [-0.2, 0) is 0 Å². The molecule has 0 N–H and O–H groups in total. The molecule has 0 saturated heterocycles. The molecular weight excluding hydrogens is 210 g/mol. The van der Waals surface area contributed by atoms with Crippen molar-refractivity contribution in [3.05, 3.63) is 34.2 Å². The summed E-state index contributed by atoms with van der Waals surface area (Å²) in [4.78, 5) is 14.1. The van der Waals surface area contributed by atoms with Gasteiger partial charge in [-0.3, -0.25) is 10.1 Å². The lowest BCUT2D eigenvalue weighted by Gasteiger charge is -2.02. The molecule has 0 saturated carbocycles. The zero-order valence-electron chi connectivity index (χ0n) is 8.36. The highest BCUT2D eigenvalue weighted by Gasteiger charge is 2.18. The first-order valence-electron chi connectivity index (χ1n) is 4.45. The molecule has 0 spiro atoms. The Bertz CT molecular complexity index is 532. The van der Waals surface area contributed by atoms with Crippen molar-refractivity contribution >= 4 is 5.84 Å². The molecule has 7 heteroatoms. The minimum atomic E-state index is -1.02. The van der Waals surface area contributed by atoms with Crippen LogP contribution >= 0.6 is 0 Å². The summed E-state index contributed by atoms with van der Waals surface area (Å²) in [6.45, 7) is 1.71. The van der Waals surface area contributed by atoms with E-state index >= 15 is 0 Å². The summed E-state index contributed by atoms with van der Waals surface area (Å²) < 4.78 is 1.42. The quantitative estimate of drug-likeness (QED) is 0.379. The molecule has 1 aliphatic heterocycles. The molecule has 1 atom stereocenters. The summed E-state index contributed by atoms with van der Waals surface area (Å²) in [6.07, 6.45) is 4.55. The van der Waals surface area contributed by atoms with Gasteiger partial charge in [-0.1, -0.05) is 5.21 Å². The molecular formula is C9H7N5O2. The van der Waals surface area contributed by atoms with E-state index in [0.717, 1.165) is 0 Å². The van der Waals surface area contributed by atoms with Crippen LogP contribution in [0.3, 0.4) is 0 Å². The van der Waals surface area contributed by atoms with Crippen LogP contribution in [0.5, 0.6) is 0 Å². The van der Waals surface area contributed by atoms with E-state index in [0.29, 0.717) is 11.4 Å². The number of nitro groups is 1. The molecule has 0 aromatic carbocycles. The Morgan fingerprint density at radius 3 is 3.06 bits per heavy atom. The topological polar surface area (TPSA) is 86.2 Å². The van der Waals surface area contributed by atoms with E-state index in [1.54, 1.807) is 13.1 Å². The second-order valence-electron chi connectivity index (χ2n) is 3.12. The second-order valence-corrected chi connectivity index (χ2v) is 3.12. The summed E-state index contributed by atoms with van der Waals surface area (Å²) in [5.41, 5.74) is 0.629. The number of nitrogens with zero attached hydrogens (tertiary/aromatic N) is 5. The average Bonchev–Trinajstić information content (AvgIpc) is 2.68. The molecule has 7 nitrogen and oxygen atoms in total. The van der Waals surface area contributed by atoms with E-state index in [9.17, 15) is 10.1 Å². The Labute approximate surface area is 90.6 Å². The molecule has 16 heavy (non-hydrogen) atoms. The lowest BCUT2D eigenvalue weighted by atomic mass is 10.2. The third-order valence-corrected chi connectivity index (χ3v) is 2.00. The molecule has 0 bridgehead atoms. The predicted molar refractivity (Wildman–Crippen MR) is 55.2 cm³/mol. The highest BCUT2D eigenvalue weighted by atomic mass is 16.6. The zero-order chi connectivity index (χ0) is 11.5. The molecule has 1 unspecified atom stereocenters. The summed E-state index contributed by atoms with van der Waals surface area (Å²) >= 11 is 0. The summed E-state index contributed by atoms with van der Waals surface area (Å²) in [6, 6.07) is 1.38. The fourth-order valence-electron chi connectivity index (χ4n) is 1.26. The van der Waals surface area contributed by atoms with Crippen molar-refractivity contribution in [2.24, 2.45) is 4.99 Å². The van der Waals surface area contributed by atoms with E-state index in [1.165, 1.54) is 17.0 Å². The largest absolute Gasteiger partial charge is 0.293 e. The van der Waals surface area contributed by atoms with Gasteiger partial charge in [0.15, 0.2) is 5.84 Å². The van der Waals surface area contributed by atoms with Gasteiger partial charge in [-0.15, -0.1) is 5.10 Å². The van der Waals surface area contributed by atoms with Gasteiger partial charge in [-0.05, 0) is 12.5 Å². The fourth-order valence-corrected chi connectivity index (χ4v) is 1.26. The Hall–Kier alpha value is -2.49. The first kappa shape index (κ1) is 10.0. The fraction of sp³-hybridized carbons (Fsp3) is 0.222. The van der Waals surface area contributed by atoms with Gasteiger partial charge in [0.25, 0.3) is 6.04 Å². The van der Waals surface area contributed by atoms with E-state index in [-0.39, 0.29) is 0 Å². The van der Waals surface area contributed by atoms with Crippen LogP contribution in [0.25, 0.3) is 0 Å². The Kier molecular flexibility index (Phi) is 2.47. The first-order valence-corrected chi connectivity index (χ1v) is 4.45. The molecule has 0 aliphatic carbocycles. The maximum atomic E-state index is 10.6. The maximum Gasteiger partial charge on any atom is 0.293 e. The standard InChI is InChI=1S/C9H7N5O2/c1-7-6-8(14(15)16)2-3-10-9(7)13-5-4-11-12-13/h4-6,8H,1H3.